The molecule has 1 unspecified atom stereocenters. The summed E-state index contributed by atoms with van der Waals surface area (Å²) in [7, 11) is 1.66. The Hall–Kier alpha value is -3.39. The number of fused-ring (bicyclic) bond motifs is 1. The second-order valence-corrected chi connectivity index (χ2v) is 10.2. The van der Waals surface area contributed by atoms with E-state index in [9.17, 15) is 0 Å². The number of nitrogens with zero attached hydrogens (tertiary/aromatic N) is 4. The number of anilines is 4. The Balaban J connectivity index is 1.18. The Morgan fingerprint density at radius 3 is 2.76 bits per heavy atom. The molecule has 1 atom stereocenters. The van der Waals surface area contributed by atoms with Crippen LogP contribution in [0.5, 0.6) is 11.5 Å². The molecule has 1 fully saturated rings. The normalized spacial score (nSPS) is 17.6. The van der Waals surface area contributed by atoms with Crippen molar-refractivity contribution in [3.05, 3.63) is 54.0 Å². The van der Waals surface area contributed by atoms with Crippen LogP contribution in [0, 0.1) is 5.92 Å². The third kappa shape index (κ3) is 6.89. The highest BCUT2D eigenvalue weighted by Gasteiger charge is 2.17. The fraction of sp³-hybridized carbons (Fsp3) is 0.483. The van der Waals surface area contributed by atoms with Crippen molar-refractivity contribution in [2.75, 3.05) is 44.0 Å². The molecule has 8 nitrogen and oxygen atoms in total. The first kappa shape index (κ1) is 25.3. The number of piperidine rings is 1. The summed E-state index contributed by atoms with van der Waals surface area (Å²) >= 11 is 0. The molecule has 0 bridgehead atoms. The van der Waals surface area contributed by atoms with Crippen molar-refractivity contribution in [2.45, 2.75) is 51.9 Å². The largest absolute Gasteiger partial charge is 0.493 e. The molecule has 1 aliphatic heterocycles. The Bertz CT molecular complexity index is 1180. The number of hydrogen-bond donors (Lipinski definition) is 2. The van der Waals surface area contributed by atoms with Crippen LogP contribution in [0.2, 0.25) is 0 Å². The number of benzene rings is 1. The molecule has 2 N–H and O–H groups in total. The van der Waals surface area contributed by atoms with Gasteiger partial charge >= 0.3 is 0 Å². The number of nitrogens with one attached hydrogen (secondary N) is 2. The first-order valence-corrected chi connectivity index (χ1v) is 13.5. The van der Waals surface area contributed by atoms with Gasteiger partial charge in [0.2, 0.25) is 5.95 Å². The van der Waals surface area contributed by atoms with Crippen LogP contribution < -0.4 is 20.1 Å². The van der Waals surface area contributed by atoms with Gasteiger partial charge in [-0.1, -0.05) is 13.3 Å². The fourth-order valence-electron chi connectivity index (χ4n) is 5.15. The molecule has 1 aliphatic carbocycles. The van der Waals surface area contributed by atoms with Crippen molar-refractivity contribution in [3.63, 3.8) is 0 Å². The van der Waals surface area contributed by atoms with E-state index in [4.69, 9.17) is 9.47 Å². The van der Waals surface area contributed by atoms with Crippen molar-refractivity contribution in [2.24, 2.45) is 5.92 Å². The zero-order valence-corrected chi connectivity index (χ0v) is 22.0. The second kappa shape index (κ2) is 12.2. The zero-order valence-electron chi connectivity index (χ0n) is 22.0. The van der Waals surface area contributed by atoms with E-state index in [0.29, 0.717) is 30.0 Å². The van der Waals surface area contributed by atoms with Crippen LogP contribution in [0.4, 0.5) is 23.1 Å². The maximum absolute atomic E-state index is 6.03. The molecule has 3 aromatic rings. The van der Waals surface area contributed by atoms with E-state index in [1.165, 1.54) is 50.0 Å². The minimum Gasteiger partial charge on any atom is -0.493 e. The lowest BCUT2D eigenvalue weighted by Crippen LogP contribution is -2.31. The lowest BCUT2D eigenvalue weighted by molar-refractivity contribution is 0.203. The van der Waals surface area contributed by atoms with Crippen LogP contribution in [0.3, 0.4) is 0 Å². The highest BCUT2D eigenvalue weighted by atomic mass is 16.5. The molecular formula is C29H38N6O2. The third-order valence-corrected chi connectivity index (χ3v) is 7.17. The number of methoxy groups -OCH3 is 1. The van der Waals surface area contributed by atoms with E-state index in [1.54, 1.807) is 13.3 Å². The average Bonchev–Trinajstić information content (AvgIpc) is 2.92. The molecule has 1 saturated heterocycles. The van der Waals surface area contributed by atoms with E-state index in [0.717, 1.165) is 42.9 Å². The standard InChI is InChI=1S/C29H38N6O2/c1-21-7-9-25-22(17-21)18-24(20-31-25)32-28-11-12-30-29(34-28)33-23-8-10-26(27(19-23)36-2)37-16-6-15-35-13-4-3-5-14-35/h8,10-12,18-21H,3-7,9,13-17H2,1-2H3,(H2,30,32,33,34). The van der Waals surface area contributed by atoms with Gasteiger partial charge in [0, 0.05) is 30.2 Å². The van der Waals surface area contributed by atoms with Gasteiger partial charge in [0.1, 0.15) is 5.82 Å². The predicted molar refractivity (Wildman–Crippen MR) is 147 cm³/mol. The first-order valence-electron chi connectivity index (χ1n) is 13.5. The maximum Gasteiger partial charge on any atom is 0.229 e. The van der Waals surface area contributed by atoms with Crippen LogP contribution in [-0.2, 0) is 12.8 Å². The maximum atomic E-state index is 6.03. The Labute approximate surface area is 219 Å². The summed E-state index contributed by atoms with van der Waals surface area (Å²) in [5.41, 5.74) is 4.33. The van der Waals surface area contributed by atoms with Crippen molar-refractivity contribution < 1.29 is 9.47 Å². The molecule has 0 saturated carbocycles. The molecule has 2 aromatic heterocycles. The molecule has 2 aliphatic rings. The van der Waals surface area contributed by atoms with Gasteiger partial charge in [-0.25, -0.2) is 4.98 Å². The van der Waals surface area contributed by atoms with E-state index < -0.39 is 0 Å². The van der Waals surface area contributed by atoms with Gasteiger partial charge in [-0.15, -0.1) is 0 Å². The summed E-state index contributed by atoms with van der Waals surface area (Å²) in [6, 6.07) is 9.86. The smallest absolute Gasteiger partial charge is 0.229 e. The van der Waals surface area contributed by atoms with E-state index in [1.807, 2.05) is 30.5 Å². The highest BCUT2D eigenvalue weighted by molar-refractivity contribution is 5.62. The lowest BCUT2D eigenvalue weighted by atomic mass is 9.88. The molecule has 5 rings (SSSR count). The van der Waals surface area contributed by atoms with Crippen LogP contribution >= 0.6 is 0 Å². The van der Waals surface area contributed by atoms with Gasteiger partial charge in [0.05, 0.1) is 25.6 Å². The van der Waals surface area contributed by atoms with Crippen molar-refractivity contribution in [1.29, 1.82) is 0 Å². The van der Waals surface area contributed by atoms with E-state index in [2.05, 4.69) is 43.5 Å². The van der Waals surface area contributed by atoms with Crippen molar-refractivity contribution in [3.8, 4) is 11.5 Å². The van der Waals surface area contributed by atoms with Gasteiger partial charge in [-0.05, 0) is 87.4 Å². The van der Waals surface area contributed by atoms with Crippen molar-refractivity contribution >= 4 is 23.1 Å². The zero-order chi connectivity index (χ0) is 25.5. The molecular weight excluding hydrogens is 464 g/mol. The number of rotatable bonds is 10. The summed E-state index contributed by atoms with van der Waals surface area (Å²) < 4.78 is 11.6. The third-order valence-electron chi connectivity index (χ3n) is 7.17. The van der Waals surface area contributed by atoms with Crippen LogP contribution in [0.25, 0.3) is 0 Å². The van der Waals surface area contributed by atoms with Crippen LogP contribution in [0.15, 0.2) is 42.7 Å². The van der Waals surface area contributed by atoms with Crippen LogP contribution in [0.1, 0.15) is 50.3 Å². The van der Waals surface area contributed by atoms with E-state index in [-0.39, 0.29) is 0 Å². The van der Waals surface area contributed by atoms with E-state index >= 15 is 0 Å². The van der Waals surface area contributed by atoms with Gasteiger partial charge in [0.25, 0.3) is 0 Å². The second-order valence-electron chi connectivity index (χ2n) is 10.2. The molecule has 0 radical (unpaired) electrons. The molecule has 37 heavy (non-hydrogen) atoms. The predicted octanol–water partition coefficient (Wildman–Crippen LogP) is 5.75. The lowest BCUT2D eigenvalue weighted by Gasteiger charge is -2.26. The quantitative estimate of drug-likeness (QED) is 0.339. The summed E-state index contributed by atoms with van der Waals surface area (Å²) in [6.45, 7) is 6.49. The Morgan fingerprint density at radius 2 is 1.89 bits per heavy atom. The number of ether oxygens (including phenoxy) is 2. The van der Waals surface area contributed by atoms with Gasteiger partial charge in [-0.3, -0.25) is 4.98 Å². The van der Waals surface area contributed by atoms with Crippen molar-refractivity contribution in [1.82, 2.24) is 19.9 Å². The van der Waals surface area contributed by atoms with Gasteiger partial charge < -0.3 is 25.0 Å². The molecule has 0 amide bonds. The molecule has 1 aromatic carbocycles. The number of likely N-dealkylation sites (tertiary alicyclic amines) is 1. The fourth-order valence-corrected chi connectivity index (χ4v) is 5.15. The highest BCUT2D eigenvalue weighted by Crippen LogP contribution is 2.32. The summed E-state index contributed by atoms with van der Waals surface area (Å²) in [5, 5.41) is 6.66. The number of hydrogen-bond acceptors (Lipinski definition) is 8. The number of aromatic nitrogens is 3. The Morgan fingerprint density at radius 1 is 1.00 bits per heavy atom. The first-order chi connectivity index (χ1) is 18.2. The van der Waals surface area contributed by atoms with Crippen LogP contribution in [-0.4, -0.2) is 53.2 Å². The molecule has 3 heterocycles. The number of aryl methyl sites for hydroxylation is 1. The minimum absolute atomic E-state index is 0.502. The monoisotopic (exact) mass is 502 g/mol. The molecule has 0 spiro atoms. The summed E-state index contributed by atoms with van der Waals surface area (Å²) in [5.74, 6) is 3.35. The minimum atomic E-state index is 0.502. The molecule has 8 heteroatoms. The summed E-state index contributed by atoms with van der Waals surface area (Å²) in [4.78, 5) is 16.2. The molecule has 196 valence electrons. The number of pyridine rings is 1. The Kier molecular flexibility index (Phi) is 8.35. The SMILES string of the molecule is COc1cc(Nc2nccc(Nc3cnc4c(c3)CC(C)CC4)n2)ccc1OCCCN1CCCCC1. The average molecular weight is 503 g/mol. The van der Waals surface area contributed by atoms with Gasteiger partial charge in [0.15, 0.2) is 11.5 Å². The topological polar surface area (TPSA) is 84.4 Å². The van der Waals surface area contributed by atoms with Gasteiger partial charge in [-0.2, -0.15) is 4.98 Å². The summed E-state index contributed by atoms with van der Waals surface area (Å²) in [6.07, 6.45) is 12.0.